The monoisotopic (exact) mass is 506 g/mol. The molecule has 0 bridgehead atoms. The molecule has 0 radical (unpaired) electrons. The molecule has 0 aliphatic heterocycles. The van der Waals surface area contributed by atoms with Crippen LogP contribution in [-0.4, -0.2) is 42.0 Å². The summed E-state index contributed by atoms with van der Waals surface area (Å²) in [5.74, 6) is -0.638. The Morgan fingerprint density at radius 1 is 1.14 bits per heavy atom. The van der Waals surface area contributed by atoms with E-state index in [0.717, 1.165) is 0 Å². The minimum absolute atomic E-state index is 0.147. The third-order valence-electron chi connectivity index (χ3n) is 5.75. The molecule has 1 amide bonds. The first-order chi connectivity index (χ1) is 18.9. The normalized spacial score (nSPS) is 13.1. The van der Waals surface area contributed by atoms with Crippen LogP contribution in [0.2, 0.25) is 0 Å². The lowest BCUT2D eigenvalue weighted by atomic mass is 9.87. The topological polar surface area (TPSA) is 104 Å². The van der Waals surface area contributed by atoms with Crippen LogP contribution in [0.25, 0.3) is 33.6 Å². The van der Waals surface area contributed by atoms with Gasteiger partial charge >= 0.3 is 0 Å². The molecule has 3 N–H and O–H groups in total. The maximum atomic E-state index is 13.6. The average Bonchev–Trinajstić information content (AvgIpc) is 3.28. The Kier molecular flexibility index (Phi) is 6.31. The zero-order chi connectivity index (χ0) is 29.2. The number of nitrogens with one attached hydrogen (secondary N) is 2. The Bertz CT molecular complexity index is 1560. The fourth-order valence-electron chi connectivity index (χ4n) is 4.07. The third-order valence-corrected chi connectivity index (χ3v) is 5.75. The van der Waals surface area contributed by atoms with E-state index in [4.69, 9.17) is 8.53 Å². The van der Waals surface area contributed by atoms with Crippen LogP contribution in [0.1, 0.15) is 51.9 Å². The van der Waals surface area contributed by atoms with Crippen molar-refractivity contribution in [2.75, 3.05) is 25.5 Å². The number of aliphatic hydroxyl groups excluding tert-OH is 1. The number of anilines is 1. The van der Waals surface area contributed by atoms with Gasteiger partial charge in [0.15, 0.2) is 5.78 Å². The van der Waals surface area contributed by atoms with Gasteiger partial charge in [0.25, 0.3) is 5.91 Å². The molecule has 0 fully saturated rings. The van der Waals surface area contributed by atoms with Crippen LogP contribution in [0, 0.1) is 11.2 Å². The summed E-state index contributed by atoms with van der Waals surface area (Å²) in [6.45, 7) is 0.758. The Morgan fingerprint density at radius 3 is 2.57 bits per heavy atom. The summed E-state index contributed by atoms with van der Waals surface area (Å²) >= 11 is 0. The summed E-state index contributed by atoms with van der Waals surface area (Å²) < 4.78 is 42.9. The summed E-state index contributed by atoms with van der Waals surface area (Å²) in [7, 11) is 1.48. The highest BCUT2D eigenvalue weighted by Crippen LogP contribution is 2.38. The molecule has 4 rings (SSSR count). The standard InChI is InChI=1S/C29H30FN3O4/c1-29(2,3)16-23(35)19-7-5-6-18(14-19)21-15-22-24(27(36)31-4)25(17-8-10-20(30)11-9-17)37-28(22)33-26(21)32-12-13-34/h5-11,14-15,34H,12-13,16H2,1-4H3,(H,31,36)(H,32,33)/i1D3. The van der Waals surface area contributed by atoms with Gasteiger partial charge in [-0.25, -0.2) is 4.39 Å². The summed E-state index contributed by atoms with van der Waals surface area (Å²) in [6.07, 6.45) is -0.177. The fourth-order valence-corrected chi connectivity index (χ4v) is 4.07. The predicted octanol–water partition coefficient (Wildman–Crippen LogP) is 5.68. The molecular formula is C29H30FN3O4. The number of rotatable bonds is 8. The molecule has 2 aromatic carbocycles. The molecule has 0 unspecified atom stereocenters. The lowest BCUT2D eigenvalue weighted by Gasteiger charge is -2.17. The van der Waals surface area contributed by atoms with E-state index in [2.05, 4.69) is 15.6 Å². The largest absolute Gasteiger partial charge is 0.437 e. The Hall–Kier alpha value is -4.04. The quantitative estimate of drug-likeness (QED) is 0.266. The van der Waals surface area contributed by atoms with Crippen LogP contribution in [0.5, 0.6) is 0 Å². The van der Waals surface area contributed by atoms with Crippen LogP contribution in [0.15, 0.2) is 59.0 Å². The van der Waals surface area contributed by atoms with Crippen molar-refractivity contribution in [2.45, 2.75) is 27.1 Å². The van der Waals surface area contributed by atoms with Crippen LogP contribution in [0.3, 0.4) is 0 Å². The molecule has 37 heavy (non-hydrogen) atoms. The van der Waals surface area contributed by atoms with Crippen molar-refractivity contribution < 1.29 is 27.6 Å². The number of nitrogens with zero attached hydrogens (tertiary/aromatic N) is 1. The van der Waals surface area contributed by atoms with Crippen molar-refractivity contribution in [1.82, 2.24) is 10.3 Å². The number of carbonyl (C=O) groups is 2. The number of hydrogen-bond donors (Lipinski definition) is 3. The molecule has 0 atom stereocenters. The lowest BCUT2D eigenvalue weighted by molar-refractivity contribution is 0.0937. The fraction of sp³-hybridized carbons (Fsp3) is 0.276. The highest BCUT2D eigenvalue weighted by Gasteiger charge is 2.25. The summed E-state index contributed by atoms with van der Waals surface area (Å²) in [6, 6.07) is 13.9. The molecular weight excluding hydrogens is 473 g/mol. The van der Waals surface area contributed by atoms with Gasteiger partial charge < -0.3 is 20.2 Å². The molecule has 4 aromatic rings. The predicted molar refractivity (Wildman–Crippen MR) is 142 cm³/mol. The molecule has 0 spiro atoms. The van der Waals surface area contributed by atoms with Crippen LogP contribution < -0.4 is 10.6 Å². The van der Waals surface area contributed by atoms with Crippen LogP contribution in [-0.2, 0) is 0 Å². The Labute approximate surface area is 218 Å². The van der Waals surface area contributed by atoms with Gasteiger partial charge in [-0.3, -0.25) is 9.59 Å². The third kappa shape index (κ3) is 5.70. The highest BCUT2D eigenvalue weighted by molar-refractivity contribution is 6.11. The van der Waals surface area contributed by atoms with Gasteiger partial charge in [0, 0.05) is 40.8 Å². The second kappa shape index (κ2) is 10.5. The van der Waals surface area contributed by atoms with E-state index < -0.39 is 24.0 Å². The molecule has 192 valence electrons. The van der Waals surface area contributed by atoms with Gasteiger partial charge in [0.1, 0.15) is 17.4 Å². The number of Topliss-reactive ketones (excluding diaryl/α,β-unsaturated/α-hetero) is 1. The zero-order valence-corrected chi connectivity index (χ0v) is 20.8. The minimum atomic E-state index is -2.31. The summed E-state index contributed by atoms with van der Waals surface area (Å²) in [4.78, 5) is 30.7. The average molecular weight is 507 g/mol. The van der Waals surface area contributed by atoms with E-state index in [1.807, 2.05) is 0 Å². The van der Waals surface area contributed by atoms with Gasteiger partial charge in [-0.2, -0.15) is 4.98 Å². The first kappa shape index (κ1) is 22.2. The van der Waals surface area contributed by atoms with E-state index in [9.17, 15) is 19.1 Å². The van der Waals surface area contributed by atoms with Crippen molar-refractivity contribution in [3.63, 3.8) is 0 Å². The van der Waals surface area contributed by atoms with Gasteiger partial charge in [-0.05, 0) is 47.4 Å². The number of pyridine rings is 1. The second-order valence-corrected chi connectivity index (χ2v) is 9.34. The molecule has 2 heterocycles. The Balaban J connectivity index is 1.88. The first-order valence-corrected chi connectivity index (χ1v) is 11.8. The van der Waals surface area contributed by atoms with Crippen molar-refractivity contribution in [1.29, 1.82) is 0 Å². The summed E-state index contributed by atoms with van der Waals surface area (Å²) in [5, 5.41) is 15.5. The van der Waals surface area contributed by atoms with E-state index in [1.165, 1.54) is 45.2 Å². The van der Waals surface area contributed by atoms with Crippen molar-refractivity contribution >= 4 is 28.6 Å². The highest BCUT2D eigenvalue weighted by atomic mass is 19.1. The van der Waals surface area contributed by atoms with Crippen LogP contribution >= 0.6 is 0 Å². The molecule has 0 saturated carbocycles. The van der Waals surface area contributed by atoms with Crippen LogP contribution in [0.4, 0.5) is 10.2 Å². The molecule has 2 aromatic heterocycles. The molecule has 8 heteroatoms. The van der Waals surface area contributed by atoms with Crippen molar-refractivity contribution in [2.24, 2.45) is 5.41 Å². The molecule has 0 saturated heterocycles. The minimum Gasteiger partial charge on any atom is -0.437 e. The SMILES string of the molecule is [2H]C([2H])([2H])C(C)(C)CC(=O)c1cccc(-c2cc3c(C(=O)NC)c(-c4ccc(F)cc4)oc3nc2NCCO)c1. The Morgan fingerprint density at radius 2 is 1.89 bits per heavy atom. The van der Waals surface area contributed by atoms with E-state index in [1.54, 1.807) is 30.3 Å². The zero-order valence-electron chi connectivity index (χ0n) is 23.8. The molecule has 7 nitrogen and oxygen atoms in total. The smallest absolute Gasteiger partial charge is 0.255 e. The van der Waals surface area contributed by atoms with E-state index in [0.29, 0.717) is 33.5 Å². The number of fused-ring (bicyclic) bond motifs is 1. The number of benzene rings is 2. The number of hydrogen-bond acceptors (Lipinski definition) is 6. The second-order valence-electron chi connectivity index (χ2n) is 9.34. The first-order valence-electron chi connectivity index (χ1n) is 13.3. The number of halogens is 1. The number of ketones is 1. The number of aliphatic hydroxyl groups is 1. The lowest BCUT2D eigenvalue weighted by Crippen LogP contribution is -2.18. The maximum Gasteiger partial charge on any atom is 0.255 e. The number of carbonyl (C=O) groups excluding carboxylic acids is 2. The van der Waals surface area contributed by atoms with Gasteiger partial charge in [0.05, 0.1) is 17.6 Å². The number of aromatic nitrogens is 1. The van der Waals surface area contributed by atoms with Gasteiger partial charge in [-0.1, -0.05) is 38.9 Å². The number of furan rings is 1. The van der Waals surface area contributed by atoms with Gasteiger partial charge in [0.2, 0.25) is 5.71 Å². The maximum absolute atomic E-state index is 13.6. The van der Waals surface area contributed by atoms with Crippen molar-refractivity contribution in [3.8, 4) is 22.5 Å². The summed E-state index contributed by atoms with van der Waals surface area (Å²) in [5.41, 5.74) is 1.06. The number of amides is 1. The molecule has 0 aliphatic carbocycles. The van der Waals surface area contributed by atoms with E-state index in [-0.39, 0.29) is 42.4 Å². The molecule has 0 aliphatic rings. The van der Waals surface area contributed by atoms with E-state index >= 15 is 0 Å². The van der Waals surface area contributed by atoms with Crippen molar-refractivity contribution in [3.05, 3.63) is 71.5 Å². The van der Waals surface area contributed by atoms with Gasteiger partial charge in [-0.15, -0.1) is 0 Å².